The van der Waals surface area contributed by atoms with E-state index in [-0.39, 0.29) is 41.2 Å². The summed E-state index contributed by atoms with van der Waals surface area (Å²) >= 11 is 0. The summed E-state index contributed by atoms with van der Waals surface area (Å²) in [6.45, 7) is 4.95. The highest BCUT2D eigenvalue weighted by Gasteiger charge is 2.33. The van der Waals surface area contributed by atoms with Crippen LogP contribution >= 0.6 is 0 Å². The van der Waals surface area contributed by atoms with Crippen molar-refractivity contribution in [2.45, 2.75) is 65.0 Å². The number of carbonyl (C=O) groups is 1. The molecule has 1 saturated heterocycles. The number of ether oxygens (including phenoxy) is 1. The molecule has 4 heterocycles. The number of aromatic amines is 1. The molecule has 2 unspecified atom stereocenters. The molecule has 0 aliphatic carbocycles. The number of fused-ring (bicyclic) bond motifs is 1. The van der Waals surface area contributed by atoms with Crippen molar-refractivity contribution >= 4 is 17.1 Å². The van der Waals surface area contributed by atoms with Crippen LogP contribution in [0.5, 0.6) is 5.75 Å². The molecule has 0 saturated carbocycles. The number of carbonyl (C=O) groups excluding carboxylic acids is 1. The summed E-state index contributed by atoms with van der Waals surface area (Å²) in [7, 11) is 0. The molecular formula is C27H30F3N7O4. The third-order valence-electron chi connectivity index (χ3n) is 7.13. The summed E-state index contributed by atoms with van der Waals surface area (Å²) in [6.07, 6.45) is 0.527. The standard InChI is InChI=1S/C27H30F3N7O4/c1-3-9-35-24-22(25(39)36(10-4-2)26(35)40)33-23(34-24)18-14-32-37(15-18)20(17-12-21(38)31-13-17)11-16-5-7-19(8-6-16)41-27(28,29)30/h5-8,14-15,17,20H,3-4,9-13H2,1-2H3,(H,31,38)(H,33,34). The van der Waals surface area contributed by atoms with Crippen LogP contribution in [0.25, 0.3) is 22.6 Å². The Morgan fingerprint density at radius 1 is 1.07 bits per heavy atom. The molecule has 0 radical (unpaired) electrons. The summed E-state index contributed by atoms with van der Waals surface area (Å²) in [6, 6.07) is 5.30. The van der Waals surface area contributed by atoms with E-state index in [2.05, 4.69) is 25.1 Å². The monoisotopic (exact) mass is 573 g/mol. The van der Waals surface area contributed by atoms with Crippen LogP contribution in [0.1, 0.15) is 44.7 Å². The SMILES string of the molecule is CCCn1c(=O)c2[nH]c(-c3cnn(C(Cc4ccc(OC(F)(F)F)cc4)C4CNC(=O)C4)c3)nc2n(CCC)c1=O. The molecule has 2 N–H and O–H groups in total. The average molecular weight is 574 g/mol. The summed E-state index contributed by atoms with van der Waals surface area (Å²) in [4.78, 5) is 45.8. The van der Waals surface area contributed by atoms with Gasteiger partial charge in [0.25, 0.3) is 5.56 Å². The topological polar surface area (TPSA) is 129 Å². The first-order valence-corrected chi connectivity index (χ1v) is 13.5. The maximum atomic E-state index is 13.1. The summed E-state index contributed by atoms with van der Waals surface area (Å²) in [5, 5.41) is 7.36. The lowest BCUT2D eigenvalue weighted by Crippen LogP contribution is -2.40. The van der Waals surface area contributed by atoms with E-state index in [0.717, 1.165) is 5.56 Å². The van der Waals surface area contributed by atoms with Crippen LogP contribution in [0.3, 0.4) is 0 Å². The Morgan fingerprint density at radius 2 is 1.78 bits per heavy atom. The minimum absolute atomic E-state index is 0.0872. The molecule has 1 aliphatic heterocycles. The molecular weight excluding hydrogens is 543 g/mol. The highest BCUT2D eigenvalue weighted by molar-refractivity contribution is 5.78. The number of amides is 1. The number of imidazole rings is 1. The van der Waals surface area contributed by atoms with Crippen molar-refractivity contribution in [1.29, 1.82) is 0 Å². The number of aromatic nitrogens is 6. The Hall–Kier alpha value is -4.36. The molecule has 4 aromatic rings. The van der Waals surface area contributed by atoms with Crippen LogP contribution in [0.15, 0.2) is 46.2 Å². The lowest BCUT2D eigenvalue weighted by Gasteiger charge is -2.23. The number of nitrogens with one attached hydrogen (secondary N) is 2. The second kappa shape index (κ2) is 11.3. The Balaban J connectivity index is 1.49. The largest absolute Gasteiger partial charge is 0.573 e. The van der Waals surface area contributed by atoms with Gasteiger partial charge in [-0.2, -0.15) is 5.10 Å². The van der Waals surface area contributed by atoms with Crippen molar-refractivity contribution in [3.05, 3.63) is 63.1 Å². The predicted molar refractivity (Wildman–Crippen MR) is 143 cm³/mol. The molecule has 1 amide bonds. The molecule has 1 aromatic carbocycles. The highest BCUT2D eigenvalue weighted by atomic mass is 19.4. The van der Waals surface area contributed by atoms with Crippen molar-refractivity contribution in [2.75, 3.05) is 6.54 Å². The van der Waals surface area contributed by atoms with E-state index in [0.29, 0.717) is 50.3 Å². The van der Waals surface area contributed by atoms with E-state index in [9.17, 15) is 27.6 Å². The number of halogens is 3. The van der Waals surface area contributed by atoms with E-state index in [1.54, 1.807) is 29.2 Å². The van der Waals surface area contributed by atoms with E-state index >= 15 is 0 Å². The van der Waals surface area contributed by atoms with E-state index in [4.69, 9.17) is 0 Å². The number of aryl methyl sites for hydroxylation is 1. The Labute approximate surface area is 232 Å². The van der Waals surface area contributed by atoms with Crippen LogP contribution in [0.4, 0.5) is 13.2 Å². The first-order chi connectivity index (χ1) is 19.6. The van der Waals surface area contributed by atoms with Gasteiger partial charge >= 0.3 is 12.1 Å². The quantitative estimate of drug-likeness (QED) is 0.299. The van der Waals surface area contributed by atoms with Gasteiger partial charge in [0.1, 0.15) is 17.1 Å². The minimum Gasteiger partial charge on any atom is -0.406 e. The Kier molecular flexibility index (Phi) is 7.74. The first kappa shape index (κ1) is 28.2. The van der Waals surface area contributed by atoms with Gasteiger partial charge in [-0.05, 0) is 37.0 Å². The minimum atomic E-state index is -4.78. The second-order valence-electron chi connectivity index (χ2n) is 10.1. The lowest BCUT2D eigenvalue weighted by molar-refractivity contribution is -0.274. The van der Waals surface area contributed by atoms with Gasteiger partial charge in [0.15, 0.2) is 5.65 Å². The number of benzene rings is 1. The van der Waals surface area contributed by atoms with Gasteiger partial charge in [0, 0.05) is 38.2 Å². The predicted octanol–water partition coefficient (Wildman–Crippen LogP) is 3.39. The van der Waals surface area contributed by atoms with E-state index < -0.39 is 17.6 Å². The summed E-state index contributed by atoms with van der Waals surface area (Å²) in [5.41, 5.74) is 0.999. The van der Waals surface area contributed by atoms with Crippen LogP contribution in [0, 0.1) is 5.92 Å². The third-order valence-corrected chi connectivity index (χ3v) is 7.13. The molecule has 1 aliphatic rings. The lowest BCUT2D eigenvalue weighted by atomic mass is 9.92. The van der Waals surface area contributed by atoms with E-state index in [1.807, 2.05) is 13.8 Å². The van der Waals surface area contributed by atoms with Crippen LogP contribution in [-0.2, 0) is 24.3 Å². The zero-order valence-corrected chi connectivity index (χ0v) is 22.6. The van der Waals surface area contributed by atoms with Gasteiger partial charge in [-0.25, -0.2) is 9.78 Å². The average Bonchev–Trinajstić information content (AvgIpc) is 3.68. The van der Waals surface area contributed by atoms with Crippen molar-refractivity contribution in [3.8, 4) is 17.1 Å². The van der Waals surface area contributed by atoms with Crippen LogP contribution in [-0.4, -0.2) is 47.7 Å². The van der Waals surface area contributed by atoms with Crippen LogP contribution in [0.2, 0.25) is 0 Å². The van der Waals surface area contributed by atoms with Gasteiger partial charge in [0.05, 0.1) is 17.8 Å². The molecule has 11 nitrogen and oxygen atoms in total. The third kappa shape index (κ3) is 5.91. The zero-order chi connectivity index (χ0) is 29.3. The van der Waals surface area contributed by atoms with Gasteiger partial charge in [-0.3, -0.25) is 23.4 Å². The molecule has 5 rings (SSSR count). The van der Waals surface area contributed by atoms with Gasteiger partial charge in [-0.1, -0.05) is 26.0 Å². The number of hydrogen-bond donors (Lipinski definition) is 2. The summed E-state index contributed by atoms with van der Waals surface area (Å²) in [5.74, 6) is -0.153. The summed E-state index contributed by atoms with van der Waals surface area (Å²) < 4.78 is 46.1. The van der Waals surface area contributed by atoms with Crippen molar-refractivity contribution in [2.24, 2.45) is 5.92 Å². The fourth-order valence-electron chi connectivity index (χ4n) is 5.24. The first-order valence-electron chi connectivity index (χ1n) is 13.5. The Bertz CT molecular complexity index is 1670. The zero-order valence-electron chi connectivity index (χ0n) is 22.6. The number of hydrogen-bond acceptors (Lipinski definition) is 6. The number of nitrogens with zero attached hydrogens (tertiary/aromatic N) is 5. The van der Waals surface area contributed by atoms with Crippen molar-refractivity contribution < 1.29 is 22.7 Å². The fourth-order valence-corrected chi connectivity index (χ4v) is 5.24. The molecule has 3 aromatic heterocycles. The molecule has 218 valence electrons. The number of rotatable bonds is 10. The van der Waals surface area contributed by atoms with Gasteiger partial charge in [0.2, 0.25) is 5.91 Å². The fraction of sp³-hybridized carbons (Fsp3) is 0.444. The van der Waals surface area contributed by atoms with Crippen molar-refractivity contribution in [3.63, 3.8) is 0 Å². The van der Waals surface area contributed by atoms with Crippen LogP contribution < -0.4 is 21.3 Å². The normalized spacial score (nSPS) is 16.3. The maximum Gasteiger partial charge on any atom is 0.573 e. The molecule has 0 spiro atoms. The molecule has 14 heteroatoms. The molecule has 1 fully saturated rings. The van der Waals surface area contributed by atoms with Gasteiger partial charge < -0.3 is 15.0 Å². The smallest absolute Gasteiger partial charge is 0.406 e. The molecule has 2 atom stereocenters. The Morgan fingerprint density at radius 3 is 2.41 bits per heavy atom. The molecule has 0 bridgehead atoms. The van der Waals surface area contributed by atoms with E-state index in [1.165, 1.54) is 21.3 Å². The number of alkyl halides is 3. The van der Waals surface area contributed by atoms with Gasteiger partial charge in [-0.15, -0.1) is 13.2 Å². The number of H-pyrrole nitrogens is 1. The van der Waals surface area contributed by atoms with Crippen molar-refractivity contribution in [1.82, 2.24) is 34.2 Å². The molecule has 41 heavy (non-hydrogen) atoms. The second-order valence-corrected chi connectivity index (χ2v) is 10.1. The maximum absolute atomic E-state index is 13.1. The highest BCUT2D eigenvalue weighted by Crippen LogP contribution is 2.31.